The Morgan fingerprint density at radius 1 is 1.75 bits per heavy atom. The number of carbonyl (C=O) groups excluding carboxylic acids is 1. The maximum atomic E-state index is 11.2. The van der Waals surface area contributed by atoms with Gasteiger partial charge in [0.25, 0.3) is 0 Å². The molecule has 1 aliphatic rings. The van der Waals surface area contributed by atoms with E-state index in [9.17, 15) is 4.79 Å². The highest BCUT2D eigenvalue weighted by Gasteiger charge is 2.33. The summed E-state index contributed by atoms with van der Waals surface area (Å²) in [7, 11) is 0. The minimum atomic E-state index is -0.343. The molecule has 0 radical (unpaired) electrons. The fourth-order valence-corrected chi connectivity index (χ4v) is 1.28. The number of rotatable bonds is 2. The van der Waals surface area contributed by atoms with Gasteiger partial charge in [0.2, 0.25) is 5.91 Å². The van der Waals surface area contributed by atoms with Crippen molar-refractivity contribution in [2.45, 2.75) is 19.4 Å². The molecule has 1 rings (SSSR count). The first-order chi connectivity index (χ1) is 5.61. The molecular formula is C8H16N2O2. The molecule has 1 atom stereocenters. The Morgan fingerprint density at radius 3 is 2.92 bits per heavy atom. The highest BCUT2D eigenvalue weighted by molar-refractivity contribution is 5.78. The number of likely N-dealkylation sites (N-methyl/N-ethyl adjacent to an activating group) is 1. The third-order valence-electron chi connectivity index (χ3n) is 2.24. The van der Waals surface area contributed by atoms with Gasteiger partial charge in [0.05, 0.1) is 12.1 Å². The van der Waals surface area contributed by atoms with Crippen LogP contribution in [0.25, 0.3) is 0 Å². The summed E-state index contributed by atoms with van der Waals surface area (Å²) in [6, 6.07) is 0. The SMILES string of the molecule is CCN1CC(C)(CN)OCC1=O. The molecule has 1 amide bonds. The van der Waals surface area contributed by atoms with Gasteiger partial charge in [0.15, 0.2) is 0 Å². The van der Waals surface area contributed by atoms with E-state index in [1.165, 1.54) is 0 Å². The number of ether oxygens (including phenoxy) is 1. The highest BCUT2D eigenvalue weighted by atomic mass is 16.5. The van der Waals surface area contributed by atoms with Gasteiger partial charge in [-0.15, -0.1) is 0 Å². The highest BCUT2D eigenvalue weighted by Crippen LogP contribution is 2.16. The van der Waals surface area contributed by atoms with Crippen molar-refractivity contribution in [3.8, 4) is 0 Å². The van der Waals surface area contributed by atoms with Crippen LogP contribution in [0.2, 0.25) is 0 Å². The Labute approximate surface area is 72.7 Å². The first kappa shape index (κ1) is 9.48. The average molecular weight is 172 g/mol. The molecule has 1 unspecified atom stereocenters. The lowest BCUT2D eigenvalue weighted by atomic mass is 10.0. The Morgan fingerprint density at radius 2 is 2.42 bits per heavy atom. The number of amides is 1. The van der Waals surface area contributed by atoms with Crippen molar-refractivity contribution in [3.05, 3.63) is 0 Å². The molecule has 0 bridgehead atoms. The number of carbonyl (C=O) groups is 1. The lowest BCUT2D eigenvalue weighted by Crippen LogP contribution is -2.56. The topological polar surface area (TPSA) is 55.6 Å². The van der Waals surface area contributed by atoms with Gasteiger partial charge in [0, 0.05) is 13.1 Å². The molecule has 12 heavy (non-hydrogen) atoms. The second-order valence-corrected chi connectivity index (χ2v) is 3.35. The summed E-state index contributed by atoms with van der Waals surface area (Å²) < 4.78 is 5.34. The summed E-state index contributed by atoms with van der Waals surface area (Å²) in [5, 5.41) is 0. The minimum absolute atomic E-state index is 0.0587. The maximum Gasteiger partial charge on any atom is 0.248 e. The van der Waals surface area contributed by atoms with E-state index in [-0.39, 0.29) is 18.1 Å². The van der Waals surface area contributed by atoms with E-state index < -0.39 is 0 Å². The van der Waals surface area contributed by atoms with Gasteiger partial charge in [-0.2, -0.15) is 0 Å². The fraction of sp³-hybridized carbons (Fsp3) is 0.875. The summed E-state index contributed by atoms with van der Waals surface area (Å²) in [5.74, 6) is 0.0587. The van der Waals surface area contributed by atoms with Crippen LogP contribution in [0, 0.1) is 0 Å². The fourth-order valence-electron chi connectivity index (χ4n) is 1.28. The zero-order valence-electron chi connectivity index (χ0n) is 7.67. The van der Waals surface area contributed by atoms with Gasteiger partial charge in [0.1, 0.15) is 6.61 Å². The van der Waals surface area contributed by atoms with Crippen LogP contribution in [0.5, 0.6) is 0 Å². The lowest BCUT2D eigenvalue weighted by Gasteiger charge is -2.38. The van der Waals surface area contributed by atoms with E-state index in [0.717, 1.165) is 6.54 Å². The maximum absolute atomic E-state index is 11.2. The van der Waals surface area contributed by atoms with Crippen LogP contribution in [0.3, 0.4) is 0 Å². The van der Waals surface area contributed by atoms with Crippen molar-refractivity contribution in [1.29, 1.82) is 0 Å². The molecule has 0 spiro atoms. The van der Waals surface area contributed by atoms with Gasteiger partial charge in [-0.3, -0.25) is 4.79 Å². The van der Waals surface area contributed by atoms with E-state index >= 15 is 0 Å². The van der Waals surface area contributed by atoms with E-state index in [1.54, 1.807) is 4.90 Å². The molecular weight excluding hydrogens is 156 g/mol. The molecule has 1 heterocycles. The first-order valence-corrected chi connectivity index (χ1v) is 4.23. The number of nitrogens with two attached hydrogens (primary N) is 1. The van der Waals surface area contributed by atoms with Crippen LogP contribution in [-0.2, 0) is 9.53 Å². The van der Waals surface area contributed by atoms with E-state index in [1.807, 2.05) is 13.8 Å². The molecule has 2 N–H and O–H groups in total. The Kier molecular flexibility index (Phi) is 2.69. The molecule has 1 fully saturated rings. The molecule has 1 aliphatic heterocycles. The van der Waals surface area contributed by atoms with Crippen LogP contribution >= 0.6 is 0 Å². The van der Waals surface area contributed by atoms with Crippen LogP contribution in [0.15, 0.2) is 0 Å². The molecule has 0 saturated carbocycles. The Balaban J connectivity index is 2.61. The van der Waals surface area contributed by atoms with Crippen molar-refractivity contribution >= 4 is 5.91 Å². The molecule has 4 heteroatoms. The smallest absolute Gasteiger partial charge is 0.248 e. The zero-order chi connectivity index (χ0) is 9.19. The Hall–Kier alpha value is -0.610. The third-order valence-corrected chi connectivity index (χ3v) is 2.24. The summed E-state index contributed by atoms with van der Waals surface area (Å²) in [4.78, 5) is 13.0. The number of morpholine rings is 1. The van der Waals surface area contributed by atoms with Gasteiger partial charge in [-0.1, -0.05) is 0 Å². The van der Waals surface area contributed by atoms with Gasteiger partial charge in [-0.25, -0.2) is 0 Å². The average Bonchev–Trinajstić information content (AvgIpc) is 2.10. The van der Waals surface area contributed by atoms with E-state index in [4.69, 9.17) is 10.5 Å². The first-order valence-electron chi connectivity index (χ1n) is 4.23. The second kappa shape index (κ2) is 3.41. The monoisotopic (exact) mass is 172 g/mol. The number of hydrogen-bond acceptors (Lipinski definition) is 3. The number of nitrogens with zero attached hydrogens (tertiary/aromatic N) is 1. The van der Waals surface area contributed by atoms with Crippen LogP contribution < -0.4 is 5.73 Å². The molecule has 0 aromatic carbocycles. The Bertz CT molecular complexity index is 184. The molecule has 0 aromatic rings. The minimum Gasteiger partial charge on any atom is -0.362 e. The number of hydrogen-bond donors (Lipinski definition) is 1. The molecule has 0 aromatic heterocycles. The standard InChI is InChI=1S/C8H16N2O2/c1-3-10-6-8(2,5-9)12-4-7(10)11/h3-6,9H2,1-2H3. The van der Waals surface area contributed by atoms with Crippen molar-refractivity contribution in [2.75, 3.05) is 26.2 Å². The van der Waals surface area contributed by atoms with Crippen molar-refractivity contribution in [3.63, 3.8) is 0 Å². The molecule has 4 nitrogen and oxygen atoms in total. The van der Waals surface area contributed by atoms with Crippen LogP contribution in [-0.4, -0.2) is 42.6 Å². The summed E-state index contributed by atoms with van der Waals surface area (Å²) in [6.45, 7) is 5.86. The van der Waals surface area contributed by atoms with E-state index in [2.05, 4.69) is 0 Å². The normalized spacial score (nSPS) is 30.9. The van der Waals surface area contributed by atoms with Crippen LogP contribution in [0.4, 0.5) is 0 Å². The van der Waals surface area contributed by atoms with Gasteiger partial charge >= 0.3 is 0 Å². The van der Waals surface area contributed by atoms with E-state index in [0.29, 0.717) is 13.1 Å². The van der Waals surface area contributed by atoms with Crippen molar-refractivity contribution in [1.82, 2.24) is 4.90 Å². The predicted octanol–water partition coefficient (Wildman–Crippen LogP) is -0.417. The molecule has 1 saturated heterocycles. The van der Waals surface area contributed by atoms with Crippen molar-refractivity contribution in [2.24, 2.45) is 5.73 Å². The second-order valence-electron chi connectivity index (χ2n) is 3.35. The lowest BCUT2D eigenvalue weighted by molar-refractivity contribution is -0.159. The molecule has 70 valence electrons. The van der Waals surface area contributed by atoms with Gasteiger partial charge < -0.3 is 15.4 Å². The quantitative estimate of drug-likeness (QED) is 0.615. The summed E-state index contributed by atoms with van der Waals surface area (Å²) in [5.41, 5.74) is 5.19. The van der Waals surface area contributed by atoms with Gasteiger partial charge in [-0.05, 0) is 13.8 Å². The predicted molar refractivity (Wildman–Crippen MR) is 45.7 cm³/mol. The third kappa shape index (κ3) is 1.76. The van der Waals surface area contributed by atoms with Crippen molar-refractivity contribution < 1.29 is 9.53 Å². The largest absolute Gasteiger partial charge is 0.362 e. The van der Waals surface area contributed by atoms with Crippen LogP contribution in [0.1, 0.15) is 13.8 Å². The summed E-state index contributed by atoms with van der Waals surface area (Å²) >= 11 is 0. The molecule has 0 aliphatic carbocycles. The summed E-state index contributed by atoms with van der Waals surface area (Å²) in [6.07, 6.45) is 0. The zero-order valence-corrected chi connectivity index (χ0v) is 7.67.